The van der Waals surface area contributed by atoms with Crippen molar-refractivity contribution >= 4 is 17.6 Å². The lowest BCUT2D eigenvalue weighted by molar-refractivity contribution is 0.424. The van der Waals surface area contributed by atoms with Crippen LogP contribution in [-0.4, -0.2) is 35.1 Å². The summed E-state index contributed by atoms with van der Waals surface area (Å²) in [5, 5.41) is 3.58. The van der Waals surface area contributed by atoms with Gasteiger partial charge in [0.2, 0.25) is 0 Å². The second kappa shape index (κ2) is 7.50. The van der Waals surface area contributed by atoms with Crippen LogP contribution in [0.25, 0.3) is 0 Å². The summed E-state index contributed by atoms with van der Waals surface area (Å²) in [7, 11) is 0. The topological polar surface area (TPSA) is 28.2 Å². The fraction of sp³-hybridized carbons (Fsp3) is 0.706. The van der Waals surface area contributed by atoms with Crippen LogP contribution in [0.3, 0.4) is 0 Å². The van der Waals surface area contributed by atoms with Crippen LogP contribution in [-0.2, 0) is 13.0 Å². The Kier molecular flexibility index (Phi) is 5.94. The van der Waals surface area contributed by atoms with Crippen LogP contribution in [0, 0.1) is 0 Å². The summed E-state index contributed by atoms with van der Waals surface area (Å²) in [5.41, 5.74) is 2.70. The van der Waals surface area contributed by atoms with Crippen LogP contribution >= 0.6 is 11.8 Å². The van der Waals surface area contributed by atoms with Crippen molar-refractivity contribution in [2.45, 2.75) is 52.6 Å². The fourth-order valence-corrected chi connectivity index (χ4v) is 3.31. The van der Waals surface area contributed by atoms with Gasteiger partial charge in [0.1, 0.15) is 5.82 Å². The van der Waals surface area contributed by atoms with E-state index in [1.165, 1.54) is 35.0 Å². The van der Waals surface area contributed by atoms with E-state index in [-0.39, 0.29) is 5.54 Å². The molecule has 0 bridgehead atoms. The van der Waals surface area contributed by atoms with E-state index in [1.54, 1.807) is 0 Å². The lowest BCUT2D eigenvalue weighted by Gasteiger charge is -2.24. The quantitative estimate of drug-likeness (QED) is 0.922. The number of hydrogen-bond donors (Lipinski definition) is 1. The Bertz CT molecular complexity index is 446. The highest BCUT2D eigenvalue weighted by atomic mass is 32.2. The molecular formula is C17H29N3S. The summed E-state index contributed by atoms with van der Waals surface area (Å²) in [5.74, 6) is 3.67. The monoisotopic (exact) mass is 307 g/mol. The number of pyridine rings is 1. The zero-order valence-electron chi connectivity index (χ0n) is 13.9. The number of anilines is 1. The van der Waals surface area contributed by atoms with Crippen molar-refractivity contribution in [1.29, 1.82) is 0 Å². The maximum Gasteiger partial charge on any atom is 0.129 e. The van der Waals surface area contributed by atoms with E-state index < -0.39 is 0 Å². The molecule has 1 saturated heterocycles. The SMILES string of the molecule is CCc1cc(CNC(C)(C)C)cc(N2CCCSCC2)n1. The molecule has 3 nitrogen and oxygen atoms in total. The number of rotatable bonds is 4. The molecule has 0 amide bonds. The lowest BCUT2D eigenvalue weighted by Crippen LogP contribution is -2.35. The highest BCUT2D eigenvalue weighted by Crippen LogP contribution is 2.20. The summed E-state index contributed by atoms with van der Waals surface area (Å²) in [6.45, 7) is 12.0. The molecule has 1 N–H and O–H groups in total. The third-order valence-corrected chi connectivity index (χ3v) is 4.70. The predicted octanol–water partition coefficient (Wildman–Crippen LogP) is 3.48. The van der Waals surface area contributed by atoms with E-state index in [0.29, 0.717) is 0 Å². The minimum Gasteiger partial charge on any atom is -0.356 e. The molecule has 0 radical (unpaired) electrons. The molecule has 0 atom stereocenters. The van der Waals surface area contributed by atoms with E-state index in [9.17, 15) is 0 Å². The first-order chi connectivity index (χ1) is 9.98. The van der Waals surface area contributed by atoms with Gasteiger partial charge in [0.15, 0.2) is 0 Å². The molecule has 0 aliphatic carbocycles. The Balaban J connectivity index is 2.16. The second-order valence-corrected chi connectivity index (χ2v) is 7.96. The molecule has 2 rings (SSSR count). The zero-order chi connectivity index (χ0) is 15.3. The minimum atomic E-state index is 0.148. The Morgan fingerprint density at radius 3 is 2.76 bits per heavy atom. The molecule has 0 saturated carbocycles. The Hall–Kier alpha value is -0.740. The largest absolute Gasteiger partial charge is 0.356 e. The average Bonchev–Trinajstić information content (AvgIpc) is 2.73. The number of aryl methyl sites for hydroxylation is 1. The van der Waals surface area contributed by atoms with Crippen LogP contribution in [0.4, 0.5) is 5.82 Å². The van der Waals surface area contributed by atoms with Gasteiger partial charge in [-0.3, -0.25) is 0 Å². The van der Waals surface area contributed by atoms with E-state index >= 15 is 0 Å². The lowest BCUT2D eigenvalue weighted by atomic mass is 10.1. The third-order valence-electron chi connectivity index (χ3n) is 3.66. The van der Waals surface area contributed by atoms with Crippen molar-refractivity contribution in [2.75, 3.05) is 29.5 Å². The molecule has 2 heterocycles. The van der Waals surface area contributed by atoms with Crippen LogP contribution in [0.2, 0.25) is 0 Å². The van der Waals surface area contributed by atoms with Crippen LogP contribution < -0.4 is 10.2 Å². The molecule has 4 heteroatoms. The highest BCUT2D eigenvalue weighted by molar-refractivity contribution is 7.99. The van der Waals surface area contributed by atoms with Crippen molar-refractivity contribution in [3.05, 3.63) is 23.4 Å². The van der Waals surface area contributed by atoms with Crippen molar-refractivity contribution in [1.82, 2.24) is 10.3 Å². The molecule has 0 spiro atoms. The molecule has 1 fully saturated rings. The van der Waals surface area contributed by atoms with Crippen LogP contribution in [0.1, 0.15) is 45.4 Å². The van der Waals surface area contributed by atoms with E-state index in [0.717, 1.165) is 26.1 Å². The Morgan fingerprint density at radius 2 is 2.05 bits per heavy atom. The van der Waals surface area contributed by atoms with Crippen LogP contribution in [0.15, 0.2) is 12.1 Å². The summed E-state index contributed by atoms with van der Waals surface area (Å²) >= 11 is 2.06. The minimum absolute atomic E-state index is 0.148. The number of hydrogen-bond acceptors (Lipinski definition) is 4. The number of nitrogens with one attached hydrogen (secondary N) is 1. The van der Waals surface area contributed by atoms with E-state index in [4.69, 9.17) is 4.98 Å². The summed E-state index contributed by atoms with van der Waals surface area (Å²) in [6, 6.07) is 4.52. The number of nitrogens with zero attached hydrogens (tertiary/aromatic N) is 2. The smallest absolute Gasteiger partial charge is 0.129 e. The molecule has 1 aromatic heterocycles. The van der Waals surface area contributed by atoms with Gasteiger partial charge in [0.25, 0.3) is 0 Å². The molecule has 1 aromatic rings. The molecular weight excluding hydrogens is 278 g/mol. The van der Waals surface area contributed by atoms with Crippen molar-refractivity contribution in [3.63, 3.8) is 0 Å². The predicted molar refractivity (Wildman–Crippen MR) is 94.4 cm³/mol. The normalized spacial score (nSPS) is 16.9. The Morgan fingerprint density at radius 1 is 1.24 bits per heavy atom. The standard InChI is InChI=1S/C17H29N3S/c1-5-15-11-14(13-18-17(2,3)4)12-16(19-15)20-7-6-9-21-10-8-20/h11-12,18H,5-10,13H2,1-4H3. The average molecular weight is 308 g/mol. The zero-order valence-corrected chi connectivity index (χ0v) is 14.7. The van der Waals surface area contributed by atoms with Gasteiger partial charge in [-0.15, -0.1) is 0 Å². The third kappa shape index (κ3) is 5.51. The Labute approximate surface area is 133 Å². The van der Waals surface area contributed by atoms with Gasteiger partial charge >= 0.3 is 0 Å². The maximum atomic E-state index is 4.85. The molecule has 21 heavy (non-hydrogen) atoms. The molecule has 1 aliphatic rings. The second-order valence-electron chi connectivity index (χ2n) is 6.74. The first kappa shape index (κ1) is 16.6. The molecule has 0 aromatic carbocycles. The van der Waals surface area contributed by atoms with Gasteiger partial charge in [-0.2, -0.15) is 11.8 Å². The number of aromatic nitrogens is 1. The van der Waals surface area contributed by atoms with Gasteiger partial charge in [-0.05, 0) is 57.1 Å². The van der Waals surface area contributed by atoms with Gasteiger partial charge < -0.3 is 10.2 Å². The highest BCUT2D eigenvalue weighted by Gasteiger charge is 2.14. The first-order valence-corrected chi connectivity index (χ1v) is 9.21. The van der Waals surface area contributed by atoms with Gasteiger partial charge in [0.05, 0.1) is 0 Å². The van der Waals surface area contributed by atoms with E-state index in [1.807, 2.05) is 0 Å². The maximum absolute atomic E-state index is 4.85. The van der Waals surface area contributed by atoms with Gasteiger partial charge in [-0.1, -0.05) is 6.92 Å². The van der Waals surface area contributed by atoms with Crippen molar-refractivity contribution in [3.8, 4) is 0 Å². The van der Waals surface area contributed by atoms with Crippen LogP contribution in [0.5, 0.6) is 0 Å². The fourth-order valence-electron chi connectivity index (χ4n) is 2.42. The molecule has 1 aliphatic heterocycles. The van der Waals surface area contributed by atoms with E-state index in [2.05, 4.69) is 61.8 Å². The summed E-state index contributed by atoms with van der Waals surface area (Å²) < 4.78 is 0. The van der Waals surface area contributed by atoms with Crippen molar-refractivity contribution < 1.29 is 0 Å². The summed E-state index contributed by atoms with van der Waals surface area (Å²) in [4.78, 5) is 7.31. The number of thioether (sulfide) groups is 1. The first-order valence-electron chi connectivity index (χ1n) is 8.05. The molecule has 0 unspecified atom stereocenters. The summed E-state index contributed by atoms with van der Waals surface area (Å²) in [6.07, 6.45) is 2.26. The van der Waals surface area contributed by atoms with Gasteiger partial charge in [0, 0.05) is 36.6 Å². The molecule has 118 valence electrons. The van der Waals surface area contributed by atoms with Crippen molar-refractivity contribution in [2.24, 2.45) is 0 Å². The van der Waals surface area contributed by atoms with Gasteiger partial charge in [-0.25, -0.2) is 4.98 Å².